The zero-order chi connectivity index (χ0) is 12.8. The van der Waals surface area contributed by atoms with Crippen LogP contribution in [0.15, 0.2) is 30.3 Å². The summed E-state index contributed by atoms with van der Waals surface area (Å²) in [7, 11) is 1.23. The Morgan fingerprint density at radius 1 is 1.44 bits per heavy atom. The number of amides is 1. The highest BCUT2D eigenvalue weighted by Crippen LogP contribution is 2.04. The largest absolute Gasteiger partial charge is 0.467 e. The monoisotopic (exact) mass is 222 g/mol. The van der Waals surface area contributed by atoms with Gasteiger partial charge in [0, 0.05) is 14.7 Å². The van der Waals surface area contributed by atoms with E-state index in [1.807, 2.05) is 6.07 Å². The van der Waals surface area contributed by atoms with Crippen molar-refractivity contribution in [2.45, 2.75) is 19.4 Å². The van der Waals surface area contributed by atoms with Crippen molar-refractivity contribution in [2.24, 2.45) is 0 Å². The Kier molecular flexibility index (Phi) is 3.94. The van der Waals surface area contributed by atoms with Crippen molar-refractivity contribution in [3.63, 3.8) is 0 Å². The van der Waals surface area contributed by atoms with E-state index in [0.29, 0.717) is 5.56 Å². The molecule has 1 N–H and O–H groups in total. The van der Waals surface area contributed by atoms with Crippen LogP contribution in [-0.4, -0.2) is 25.0 Å². The van der Waals surface area contributed by atoms with E-state index in [0.717, 1.165) is 0 Å². The molecule has 0 aromatic heterocycles. The molecule has 16 heavy (non-hydrogen) atoms. The molecule has 1 aromatic carbocycles. The van der Waals surface area contributed by atoms with Crippen LogP contribution in [0.1, 0.15) is 13.9 Å². The molecule has 0 aliphatic carbocycles. The van der Waals surface area contributed by atoms with Crippen LogP contribution in [0.5, 0.6) is 0 Å². The Hall–Kier alpha value is -1.84. The van der Waals surface area contributed by atoms with Crippen LogP contribution < -0.4 is 5.32 Å². The fourth-order valence-electron chi connectivity index (χ4n) is 1.27. The molecule has 0 saturated carbocycles. The predicted molar refractivity (Wildman–Crippen MR) is 59.8 cm³/mol. The second kappa shape index (κ2) is 5.90. The first kappa shape index (κ1) is 10.7. The molecule has 0 aliphatic heterocycles. The number of nitrogens with one attached hydrogen (secondary N) is 1. The lowest BCUT2D eigenvalue weighted by Crippen LogP contribution is -2.41. The number of rotatable bonds is 4. The Morgan fingerprint density at radius 2 is 2.06 bits per heavy atom. The van der Waals surface area contributed by atoms with E-state index in [1.165, 1.54) is 14.0 Å². The quantitative estimate of drug-likeness (QED) is 0.770. The minimum atomic E-state index is -0.986. The van der Waals surface area contributed by atoms with Crippen LogP contribution in [0.3, 0.4) is 0 Å². The second-order valence-corrected chi connectivity index (χ2v) is 3.28. The first-order valence-electron chi connectivity index (χ1n) is 5.46. The highest BCUT2D eigenvalue weighted by molar-refractivity contribution is 5.83. The summed E-state index contributed by atoms with van der Waals surface area (Å²) in [6.45, 7) is 1.30. The third kappa shape index (κ3) is 3.73. The lowest BCUT2D eigenvalue weighted by molar-refractivity contribution is -0.144. The van der Waals surface area contributed by atoms with Gasteiger partial charge < -0.3 is 10.1 Å². The average molecular weight is 222 g/mol. The third-order valence-corrected chi connectivity index (χ3v) is 1.97. The topological polar surface area (TPSA) is 55.4 Å². The van der Waals surface area contributed by atoms with E-state index in [-0.39, 0.29) is 5.91 Å². The maximum absolute atomic E-state index is 11.5. The van der Waals surface area contributed by atoms with Gasteiger partial charge in [0.2, 0.25) is 5.91 Å². The van der Waals surface area contributed by atoms with Crippen molar-refractivity contribution in [3.8, 4) is 0 Å². The van der Waals surface area contributed by atoms with Gasteiger partial charge in [-0.25, -0.2) is 4.79 Å². The minimum Gasteiger partial charge on any atom is -0.467 e. The summed E-state index contributed by atoms with van der Waals surface area (Å²) in [5.74, 6) is -0.988. The van der Waals surface area contributed by atoms with E-state index in [4.69, 9.17) is 1.37 Å². The first-order chi connectivity index (χ1) is 8.06. The van der Waals surface area contributed by atoms with E-state index in [1.54, 1.807) is 24.3 Å². The summed E-state index contributed by atoms with van der Waals surface area (Å²) in [5.41, 5.74) is 0.650. The van der Waals surface area contributed by atoms with Crippen molar-refractivity contribution in [3.05, 3.63) is 35.9 Å². The van der Waals surface area contributed by atoms with Gasteiger partial charge in [0.1, 0.15) is 6.04 Å². The molecular weight excluding hydrogens is 206 g/mol. The molecule has 0 unspecified atom stereocenters. The molecule has 4 heteroatoms. The van der Waals surface area contributed by atoms with Gasteiger partial charge in [-0.15, -0.1) is 0 Å². The molecule has 0 aliphatic rings. The van der Waals surface area contributed by atoms with Crippen molar-refractivity contribution >= 4 is 11.9 Å². The molecule has 4 nitrogen and oxygen atoms in total. The predicted octanol–water partition coefficient (Wildman–Crippen LogP) is 0.907. The summed E-state index contributed by atoms with van der Waals surface area (Å²) < 4.78 is 12.6. The molecule has 1 rings (SSSR count). The van der Waals surface area contributed by atoms with Gasteiger partial charge in [-0.1, -0.05) is 30.3 Å². The van der Waals surface area contributed by atoms with E-state index < -0.39 is 18.4 Å². The normalized spacial score (nSPS) is 14.5. The number of hydrogen-bond acceptors (Lipinski definition) is 3. The molecule has 0 saturated heterocycles. The van der Waals surface area contributed by atoms with Gasteiger partial charge in [-0.3, -0.25) is 4.79 Å². The van der Waals surface area contributed by atoms with Gasteiger partial charge in [0.25, 0.3) is 0 Å². The van der Waals surface area contributed by atoms with Crippen LogP contribution in [0, 0.1) is 0 Å². The fourth-order valence-corrected chi connectivity index (χ4v) is 1.27. The fraction of sp³-hybridized carbons (Fsp3) is 0.333. The number of hydrogen-bond donors (Lipinski definition) is 1. The number of methoxy groups -OCH3 is 1. The lowest BCUT2D eigenvalue weighted by Gasteiger charge is -2.15. The van der Waals surface area contributed by atoms with Gasteiger partial charge in [-0.05, 0) is 5.56 Å². The number of esters is 1. The summed E-state index contributed by atoms with van der Waals surface area (Å²) in [4.78, 5) is 22.5. The van der Waals surface area contributed by atoms with Crippen LogP contribution in [0.4, 0.5) is 0 Å². The minimum absolute atomic E-state index is 0.367. The zero-order valence-electron chi connectivity index (χ0n) is 10.3. The molecule has 2 atom stereocenters. The average Bonchev–Trinajstić information content (AvgIpc) is 2.35. The van der Waals surface area contributed by atoms with Crippen molar-refractivity contribution < 1.29 is 15.7 Å². The van der Waals surface area contributed by atoms with Crippen LogP contribution >= 0.6 is 0 Å². The smallest absolute Gasteiger partial charge is 0.328 e. The summed E-state index contributed by atoms with van der Waals surface area (Å²) in [6, 6.07) is 7.85. The highest BCUT2D eigenvalue weighted by atomic mass is 16.5. The van der Waals surface area contributed by atoms with Crippen molar-refractivity contribution in [1.82, 2.24) is 5.32 Å². The maximum Gasteiger partial charge on any atom is 0.328 e. The van der Waals surface area contributed by atoms with Crippen LogP contribution in [0.2, 0.25) is 0 Å². The molecule has 1 amide bonds. The maximum atomic E-state index is 11.5. The molecule has 0 fully saturated rings. The standard InChI is InChI=1S/C12H15NO3/c1-9(14)13-11(12(15)16-2)8-10-6-4-3-5-7-10/h3-7,11H,8H2,1-2H3,(H,13,14)/t11-/m0/s1/i8D/t8-,11-. The van der Waals surface area contributed by atoms with E-state index >= 15 is 0 Å². The number of ether oxygens (including phenoxy) is 1. The van der Waals surface area contributed by atoms with Gasteiger partial charge in [-0.2, -0.15) is 0 Å². The summed E-state index contributed by atoms with van der Waals surface area (Å²) in [5, 5.41) is 2.43. The van der Waals surface area contributed by atoms with Gasteiger partial charge in [0.15, 0.2) is 0 Å². The van der Waals surface area contributed by atoms with E-state index in [9.17, 15) is 9.59 Å². The van der Waals surface area contributed by atoms with Crippen LogP contribution in [0.25, 0.3) is 0 Å². The van der Waals surface area contributed by atoms with Crippen molar-refractivity contribution in [1.29, 1.82) is 0 Å². The molecule has 0 bridgehead atoms. The Balaban J connectivity index is 2.90. The lowest BCUT2D eigenvalue weighted by atomic mass is 10.1. The van der Waals surface area contributed by atoms with Crippen molar-refractivity contribution in [2.75, 3.05) is 7.11 Å². The molecule has 0 radical (unpaired) electrons. The molecule has 1 aromatic rings. The highest BCUT2D eigenvalue weighted by Gasteiger charge is 2.20. The Labute approximate surface area is 96.0 Å². The number of carbonyl (C=O) groups is 2. The van der Waals surface area contributed by atoms with E-state index in [2.05, 4.69) is 10.1 Å². The SMILES string of the molecule is [2H][C@@H](c1ccccc1)[C@H](NC(C)=O)C(=O)OC. The molecule has 0 heterocycles. The number of carbonyl (C=O) groups excluding carboxylic acids is 2. The Bertz CT molecular complexity index is 394. The first-order valence-corrected chi connectivity index (χ1v) is 4.88. The molecule has 86 valence electrons. The van der Waals surface area contributed by atoms with Gasteiger partial charge in [0.05, 0.1) is 7.11 Å². The second-order valence-electron chi connectivity index (χ2n) is 3.28. The molecular formula is C12H15NO3. The number of benzene rings is 1. The Morgan fingerprint density at radius 3 is 2.56 bits per heavy atom. The zero-order valence-corrected chi connectivity index (χ0v) is 9.27. The van der Waals surface area contributed by atoms with Gasteiger partial charge >= 0.3 is 5.97 Å². The third-order valence-electron chi connectivity index (χ3n) is 1.97. The molecule has 0 spiro atoms. The van der Waals surface area contributed by atoms with Crippen LogP contribution in [-0.2, 0) is 20.7 Å². The summed E-state index contributed by atoms with van der Waals surface area (Å²) >= 11 is 0. The summed E-state index contributed by atoms with van der Waals surface area (Å²) in [6.07, 6.45) is -0.882.